The molecule has 3 fully saturated rings. The lowest BCUT2D eigenvalue weighted by molar-refractivity contribution is -0.121. The minimum Gasteiger partial charge on any atom is -0.470 e. The normalized spacial score (nSPS) is 22.1. The molecule has 2 aliphatic carbocycles. The van der Waals surface area contributed by atoms with E-state index in [0.717, 1.165) is 81.4 Å². The number of nitrogens with one attached hydrogen (secondary N) is 1. The molecule has 1 amide bonds. The Balaban J connectivity index is 0.795. The largest absolute Gasteiger partial charge is 0.470 e. The van der Waals surface area contributed by atoms with Gasteiger partial charge in [0.1, 0.15) is 12.7 Å². The molecule has 2 aliphatic heterocycles. The number of likely N-dealkylation sites (tertiary alicyclic amines) is 1. The van der Waals surface area contributed by atoms with Crippen molar-refractivity contribution in [2.24, 2.45) is 17.8 Å². The van der Waals surface area contributed by atoms with Gasteiger partial charge in [-0.25, -0.2) is 9.97 Å². The molecular weight excluding hydrogens is 651 g/mol. The number of nitriles is 1. The first-order valence-electron chi connectivity index (χ1n) is 19.4. The Morgan fingerprint density at radius 3 is 2.54 bits per heavy atom. The average Bonchev–Trinajstić information content (AvgIpc) is 3.83. The molecule has 4 heterocycles. The molecule has 2 aromatic heterocycles. The number of hydrogen-bond acceptors (Lipinski definition) is 10. The number of rotatable bonds is 15. The number of hydrogen-bond donors (Lipinski definition) is 2. The number of nitrogen functional groups attached to an aromatic ring is 1. The van der Waals surface area contributed by atoms with Crippen LogP contribution in [0.5, 0.6) is 5.88 Å². The third-order valence-electron chi connectivity index (χ3n) is 11.6. The van der Waals surface area contributed by atoms with Gasteiger partial charge >= 0.3 is 0 Å². The fourth-order valence-electron chi connectivity index (χ4n) is 8.59. The van der Waals surface area contributed by atoms with E-state index in [4.69, 9.17) is 10.5 Å². The number of ether oxygens (including phenoxy) is 1. The van der Waals surface area contributed by atoms with E-state index in [1.54, 1.807) is 18.6 Å². The summed E-state index contributed by atoms with van der Waals surface area (Å²) in [6, 6.07) is 12.7. The van der Waals surface area contributed by atoms with Gasteiger partial charge in [-0.05, 0) is 106 Å². The van der Waals surface area contributed by atoms with Crippen molar-refractivity contribution in [1.82, 2.24) is 30.1 Å². The van der Waals surface area contributed by atoms with Crippen molar-refractivity contribution in [2.75, 3.05) is 63.0 Å². The summed E-state index contributed by atoms with van der Waals surface area (Å²) < 4.78 is 5.87. The highest BCUT2D eigenvalue weighted by Crippen LogP contribution is 2.43. The Labute approximate surface area is 308 Å². The van der Waals surface area contributed by atoms with Crippen molar-refractivity contribution in [1.29, 1.82) is 5.26 Å². The third kappa shape index (κ3) is 9.09. The van der Waals surface area contributed by atoms with Crippen LogP contribution in [-0.2, 0) is 11.4 Å². The molecular formula is C41H53N9O2. The van der Waals surface area contributed by atoms with E-state index in [9.17, 15) is 10.1 Å². The predicted octanol–water partition coefficient (Wildman–Crippen LogP) is 5.44. The Hall–Kier alpha value is -4.53. The highest BCUT2D eigenvalue weighted by Gasteiger charge is 2.35. The number of benzene rings is 1. The maximum atomic E-state index is 12.3. The van der Waals surface area contributed by atoms with E-state index in [0.29, 0.717) is 42.2 Å². The van der Waals surface area contributed by atoms with Crippen LogP contribution >= 0.6 is 0 Å². The first-order chi connectivity index (χ1) is 25.5. The molecule has 11 heteroatoms. The van der Waals surface area contributed by atoms with Crippen LogP contribution in [0.15, 0.2) is 61.1 Å². The topological polar surface area (TPSA) is 137 Å². The molecule has 1 saturated carbocycles. The molecule has 52 heavy (non-hydrogen) atoms. The van der Waals surface area contributed by atoms with Gasteiger partial charge in [-0.15, -0.1) is 0 Å². The second kappa shape index (κ2) is 17.3. The molecule has 4 aliphatic rings. The Morgan fingerprint density at radius 2 is 1.79 bits per heavy atom. The van der Waals surface area contributed by atoms with Gasteiger partial charge in [-0.1, -0.05) is 31.1 Å². The molecule has 1 aromatic carbocycles. The molecule has 2 saturated heterocycles. The third-order valence-corrected chi connectivity index (χ3v) is 11.6. The van der Waals surface area contributed by atoms with Gasteiger partial charge < -0.3 is 25.6 Å². The minimum atomic E-state index is 0.223. The number of allylic oxidation sites excluding steroid dienone is 2. The van der Waals surface area contributed by atoms with Gasteiger partial charge in [0, 0.05) is 63.1 Å². The number of amides is 1. The number of carbonyl (C=O) groups excluding carboxylic acids is 1. The van der Waals surface area contributed by atoms with Crippen LogP contribution in [0, 0.1) is 29.1 Å². The van der Waals surface area contributed by atoms with Crippen molar-refractivity contribution in [3.05, 3.63) is 72.2 Å². The van der Waals surface area contributed by atoms with Crippen molar-refractivity contribution in [3.8, 4) is 23.2 Å². The highest BCUT2D eigenvalue weighted by molar-refractivity contribution is 5.75. The lowest BCUT2D eigenvalue weighted by atomic mass is 9.93. The van der Waals surface area contributed by atoms with Crippen molar-refractivity contribution >= 4 is 17.4 Å². The summed E-state index contributed by atoms with van der Waals surface area (Å²) >= 11 is 0. The molecule has 11 nitrogen and oxygen atoms in total. The van der Waals surface area contributed by atoms with Gasteiger partial charge in [0.05, 0.1) is 23.1 Å². The quantitative estimate of drug-likeness (QED) is 0.156. The fourth-order valence-corrected chi connectivity index (χ4v) is 8.59. The van der Waals surface area contributed by atoms with Crippen LogP contribution in [-0.4, -0.2) is 89.1 Å². The van der Waals surface area contributed by atoms with Crippen LogP contribution in [0.4, 0.5) is 11.5 Å². The van der Waals surface area contributed by atoms with E-state index >= 15 is 0 Å². The number of nitrogens with zero attached hydrogens (tertiary/aromatic N) is 7. The molecule has 3 aromatic rings. The van der Waals surface area contributed by atoms with Gasteiger partial charge in [0.15, 0.2) is 5.82 Å². The fraction of sp³-hybridized carbons (Fsp3) is 0.537. The zero-order valence-electron chi connectivity index (χ0n) is 30.3. The molecule has 3 N–H and O–H groups in total. The summed E-state index contributed by atoms with van der Waals surface area (Å²) in [6.45, 7) is 8.48. The second-order valence-electron chi connectivity index (χ2n) is 15.0. The van der Waals surface area contributed by atoms with Crippen LogP contribution in [0.3, 0.4) is 0 Å². The lowest BCUT2D eigenvalue weighted by Gasteiger charge is -2.43. The van der Waals surface area contributed by atoms with Gasteiger partial charge in [-0.3, -0.25) is 14.7 Å². The van der Waals surface area contributed by atoms with Crippen LogP contribution < -0.4 is 20.7 Å². The van der Waals surface area contributed by atoms with E-state index in [1.807, 2.05) is 30.3 Å². The SMILES string of the molecule is N#Cc1cc(-c2cnc(N)c(OCc3ccncc3)n2)ccc1N1CCN(C2CCN(CCCCCCC(=O)NCC3CC4C=CC3C4)CC2)CC1. The number of fused-ring (bicyclic) bond motifs is 2. The molecule has 274 valence electrons. The van der Waals surface area contributed by atoms with Gasteiger partial charge in [0.25, 0.3) is 5.88 Å². The maximum Gasteiger partial charge on any atom is 0.258 e. The second-order valence-corrected chi connectivity index (χ2v) is 15.0. The number of pyridine rings is 1. The first kappa shape index (κ1) is 35.9. The molecule has 3 atom stereocenters. The molecule has 7 rings (SSSR count). The number of aromatic nitrogens is 3. The number of piperazine rings is 1. The number of unbranched alkanes of at least 4 members (excludes halogenated alkanes) is 3. The molecule has 0 radical (unpaired) electrons. The van der Waals surface area contributed by atoms with Crippen LogP contribution in [0.1, 0.15) is 68.9 Å². The number of piperidine rings is 1. The zero-order valence-corrected chi connectivity index (χ0v) is 30.3. The summed E-state index contributed by atoms with van der Waals surface area (Å²) in [5.74, 6) is 2.86. The lowest BCUT2D eigenvalue weighted by Crippen LogP contribution is -2.53. The number of nitrogens with two attached hydrogens (primary N) is 1. The standard InChI is InChI=1S/C41H53N9O2/c42-26-34-25-33(37-28-46-40(43)41(47-37)52-29-30-10-14-44-15-11-30)8-9-38(34)50-21-19-49(20-22-50)36-12-17-48(18-13-36)16-4-2-1-3-5-39(51)45-27-35-24-31-6-7-32(35)23-31/h6-11,14-15,25,28,31-32,35-36H,1-5,12-13,16-24,27,29H2,(H2,43,46)(H,45,51). The summed E-state index contributed by atoms with van der Waals surface area (Å²) in [5.41, 5.74) is 10.0. The minimum absolute atomic E-state index is 0.223. The molecule has 2 bridgehead atoms. The van der Waals surface area contributed by atoms with Crippen LogP contribution in [0.25, 0.3) is 11.3 Å². The van der Waals surface area contributed by atoms with Crippen molar-refractivity contribution in [3.63, 3.8) is 0 Å². The van der Waals surface area contributed by atoms with E-state index in [1.165, 1.54) is 45.1 Å². The predicted molar refractivity (Wildman–Crippen MR) is 203 cm³/mol. The van der Waals surface area contributed by atoms with Gasteiger partial charge in [-0.2, -0.15) is 5.26 Å². The summed E-state index contributed by atoms with van der Waals surface area (Å²) in [6.07, 6.45) is 20.0. The zero-order chi connectivity index (χ0) is 35.7. The highest BCUT2D eigenvalue weighted by atomic mass is 16.5. The van der Waals surface area contributed by atoms with E-state index < -0.39 is 0 Å². The van der Waals surface area contributed by atoms with Crippen molar-refractivity contribution in [2.45, 2.75) is 70.4 Å². The first-order valence-corrected chi connectivity index (χ1v) is 19.4. The summed E-state index contributed by atoms with van der Waals surface area (Å²) in [5, 5.41) is 13.3. The average molecular weight is 704 g/mol. The van der Waals surface area contributed by atoms with E-state index in [2.05, 4.69) is 53.2 Å². The Bertz CT molecular complexity index is 1710. The van der Waals surface area contributed by atoms with Crippen LogP contribution in [0.2, 0.25) is 0 Å². The molecule has 0 spiro atoms. The van der Waals surface area contributed by atoms with Gasteiger partial charge in [0.2, 0.25) is 5.91 Å². The monoisotopic (exact) mass is 703 g/mol. The smallest absolute Gasteiger partial charge is 0.258 e. The summed E-state index contributed by atoms with van der Waals surface area (Å²) in [7, 11) is 0. The number of anilines is 2. The van der Waals surface area contributed by atoms with E-state index in [-0.39, 0.29) is 17.6 Å². The maximum absolute atomic E-state index is 12.3. The van der Waals surface area contributed by atoms with Crippen molar-refractivity contribution < 1.29 is 9.53 Å². The summed E-state index contributed by atoms with van der Waals surface area (Å²) in [4.78, 5) is 32.9. The Kier molecular flexibility index (Phi) is 11.9. The number of carbonyl (C=O) groups is 1. The molecule has 3 unspecified atom stereocenters. The Morgan fingerprint density at radius 1 is 0.981 bits per heavy atom.